The lowest BCUT2D eigenvalue weighted by Gasteiger charge is -2.25. The molecule has 1 aliphatic heterocycles. The normalized spacial score (nSPS) is 18.6. The number of anilines is 1. The Kier molecular flexibility index (Phi) is 3.72. The Morgan fingerprint density at radius 3 is 2.55 bits per heavy atom. The molecule has 1 aliphatic rings. The minimum absolute atomic E-state index is 0.0392. The summed E-state index contributed by atoms with van der Waals surface area (Å²) in [6, 6.07) is 14.7. The standard InChI is InChI=1S/C15H12BrNO2S/c16-13-4-2-1-3-12(13)15-17(14(19)9-20-15)10-5-7-11(18)8-6-10/h1-8,15,18H,9H2. The number of carbonyl (C=O) groups excluding carboxylic acids is 1. The van der Waals surface area contributed by atoms with Crippen LogP contribution in [-0.2, 0) is 4.79 Å². The monoisotopic (exact) mass is 349 g/mol. The van der Waals surface area contributed by atoms with Crippen LogP contribution in [0.15, 0.2) is 53.0 Å². The second kappa shape index (κ2) is 5.50. The van der Waals surface area contributed by atoms with E-state index in [1.807, 2.05) is 24.3 Å². The molecule has 1 N–H and O–H groups in total. The number of halogens is 1. The summed E-state index contributed by atoms with van der Waals surface area (Å²) < 4.78 is 0.996. The molecule has 2 aromatic carbocycles. The molecule has 3 rings (SSSR count). The van der Waals surface area contributed by atoms with Gasteiger partial charge in [0.2, 0.25) is 5.91 Å². The third-order valence-corrected chi connectivity index (χ3v) is 5.08. The van der Waals surface area contributed by atoms with Gasteiger partial charge in [-0.05, 0) is 35.9 Å². The molecule has 0 radical (unpaired) electrons. The highest BCUT2D eigenvalue weighted by atomic mass is 79.9. The van der Waals surface area contributed by atoms with Crippen LogP contribution in [0.25, 0.3) is 0 Å². The highest BCUT2D eigenvalue weighted by Gasteiger charge is 2.34. The summed E-state index contributed by atoms with van der Waals surface area (Å²) in [6.45, 7) is 0. The van der Waals surface area contributed by atoms with Crippen LogP contribution in [-0.4, -0.2) is 16.8 Å². The Labute approximate surface area is 129 Å². The van der Waals surface area contributed by atoms with Gasteiger partial charge < -0.3 is 5.11 Å². The maximum atomic E-state index is 12.2. The highest BCUT2D eigenvalue weighted by Crippen LogP contribution is 2.44. The van der Waals surface area contributed by atoms with Crippen LogP contribution in [0.1, 0.15) is 10.9 Å². The van der Waals surface area contributed by atoms with Crippen molar-refractivity contribution in [3.05, 3.63) is 58.6 Å². The van der Waals surface area contributed by atoms with E-state index in [0.717, 1.165) is 15.7 Å². The lowest BCUT2D eigenvalue weighted by molar-refractivity contribution is -0.115. The van der Waals surface area contributed by atoms with E-state index in [1.54, 1.807) is 40.9 Å². The predicted octanol–water partition coefficient (Wildman–Crippen LogP) is 3.93. The number of rotatable bonds is 2. The summed E-state index contributed by atoms with van der Waals surface area (Å²) in [5.74, 6) is 0.749. The topological polar surface area (TPSA) is 40.5 Å². The van der Waals surface area contributed by atoms with Crippen molar-refractivity contribution in [3.8, 4) is 5.75 Å². The highest BCUT2D eigenvalue weighted by molar-refractivity contribution is 9.10. The van der Waals surface area contributed by atoms with Gasteiger partial charge in [0.1, 0.15) is 11.1 Å². The van der Waals surface area contributed by atoms with Crippen LogP contribution in [0.3, 0.4) is 0 Å². The van der Waals surface area contributed by atoms with Gasteiger partial charge in [-0.2, -0.15) is 0 Å². The van der Waals surface area contributed by atoms with E-state index in [4.69, 9.17) is 0 Å². The zero-order valence-corrected chi connectivity index (χ0v) is 12.9. The van der Waals surface area contributed by atoms with Crippen molar-refractivity contribution in [2.24, 2.45) is 0 Å². The Balaban J connectivity index is 2.01. The number of amides is 1. The molecule has 2 aromatic rings. The van der Waals surface area contributed by atoms with Crippen molar-refractivity contribution in [1.29, 1.82) is 0 Å². The third-order valence-electron chi connectivity index (χ3n) is 3.17. The van der Waals surface area contributed by atoms with Gasteiger partial charge in [-0.15, -0.1) is 11.8 Å². The molecule has 0 saturated carbocycles. The molecular weight excluding hydrogens is 338 g/mol. The van der Waals surface area contributed by atoms with Crippen molar-refractivity contribution in [2.45, 2.75) is 5.37 Å². The number of benzene rings is 2. The average Bonchev–Trinajstić information content (AvgIpc) is 2.82. The van der Waals surface area contributed by atoms with Gasteiger partial charge in [-0.3, -0.25) is 9.69 Å². The fraction of sp³-hybridized carbons (Fsp3) is 0.133. The van der Waals surface area contributed by atoms with Gasteiger partial charge in [0.15, 0.2) is 0 Å². The third kappa shape index (κ3) is 2.43. The molecule has 1 amide bonds. The summed E-state index contributed by atoms with van der Waals surface area (Å²) in [6.07, 6.45) is 0. The van der Waals surface area contributed by atoms with Crippen molar-refractivity contribution in [3.63, 3.8) is 0 Å². The van der Waals surface area contributed by atoms with Crippen LogP contribution in [0.4, 0.5) is 5.69 Å². The second-order valence-electron chi connectivity index (χ2n) is 4.47. The summed E-state index contributed by atoms with van der Waals surface area (Å²) in [5.41, 5.74) is 1.88. The van der Waals surface area contributed by atoms with Crippen molar-refractivity contribution in [1.82, 2.24) is 0 Å². The van der Waals surface area contributed by atoms with Crippen LogP contribution in [0.2, 0.25) is 0 Å². The van der Waals surface area contributed by atoms with Gasteiger partial charge in [0.05, 0.1) is 5.75 Å². The molecule has 20 heavy (non-hydrogen) atoms. The first kappa shape index (κ1) is 13.5. The zero-order chi connectivity index (χ0) is 14.1. The molecule has 0 spiro atoms. The summed E-state index contributed by atoms with van der Waals surface area (Å²) in [4.78, 5) is 14.0. The molecule has 1 unspecified atom stereocenters. The molecule has 5 heteroatoms. The quantitative estimate of drug-likeness (QED) is 0.892. The van der Waals surface area contributed by atoms with E-state index >= 15 is 0 Å². The van der Waals surface area contributed by atoms with E-state index in [-0.39, 0.29) is 17.0 Å². The number of thioether (sulfide) groups is 1. The van der Waals surface area contributed by atoms with Crippen molar-refractivity contribution in [2.75, 3.05) is 10.7 Å². The number of aromatic hydroxyl groups is 1. The fourth-order valence-corrected chi connectivity index (χ4v) is 4.09. The maximum Gasteiger partial charge on any atom is 0.238 e. The Hall–Kier alpha value is -1.46. The molecule has 3 nitrogen and oxygen atoms in total. The fourth-order valence-electron chi connectivity index (χ4n) is 2.22. The largest absolute Gasteiger partial charge is 0.508 e. The number of carbonyl (C=O) groups is 1. The number of phenolic OH excluding ortho intramolecular Hbond substituents is 1. The van der Waals surface area contributed by atoms with Gasteiger partial charge in [-0.1, -0.05) is 34.1 Å². The molecule has 0 aliphatic carbocycles. The molecule has 0 bridgehead atoms. The van der Waals surface area contributed by atoms with Gasteiger partial charge >= 0.3 is 0 Å². The maximum absolute atomic E-state index is 12.2. The first-order valence-corrected chi connectivity index (χ1v) is 7.98. The van der Waals surface area contributed by atoms with Crippen LogP contribution in [0.5, 0.6) is 5.75 Å². The number of hydrogen-bond acceptors (Lipinski definition) is 3. The summed E-state index contributed by atoms with van der Waals surface area (Å²) >= 11 is 5.16. The minimum atomic E-state index is -0.0392. The average molecular weight is 350 g/mol. The van der Waals surface area contributed by atoms with Gasteiger partial charge in [0, 0.05) is 10.2 Å². The smallest absolute Gasteiger partial charge is 0.238 e. The van der Waals surface area contributed by atoms with E-state index in [1.165, 1.54) is 0 Å². The van der Waals surface area contributed by atoms with Crippen LogP contribution in [0, 0.1) is 0 Å². The molecule has 1 fully saturated rings. The molecule has 1 heterocycles. The second-order valence-corrected chi connectivity index (χ2v) is 6.39. The number of hydrogen-bond donors (Lipinski definition) is 1. The first-order chi connectivity index (χ1) is 9.66. The molecule has 1 saturated heterocycles. The number of phenols is 1. The predicted molar refractivity (Wildman–Crippen MR) is 84.9 cm³/mol. The lowest BCUT2D eigenvalue weighted by Crippen LogP contribution is -2.27. The molecule has 1 atom stereocenters. The molecule has 0 aromatic heterocycles. The first-order valence-electron chi connectivity index (χ1n) is 6.14. The van der Waals surface area contributed by atoms with E-state index in [0.29, 0.717) is 5.75 Å². The molecule has 102 valence electrons. The molecular formula is C15H12BrNO2S. The summed E-state index contributed by atoms with van der Waals surface area (Å²) in [7, 11) is 0. The van der Waals surface area contributed by atoms with E-state index in [9.17, 15) is 9.90 Å². The van der Waals surface area contributed by atoms with Crippen molar-refractivity contribution >= 4 is 39.3 Å². The SMILES string of the molecule is O=C1CSC(c2ccccc2Br)N1c1ccc(O)cc1. The Morgan fingerprint density at radius 1 is 1.15 bits per heavy atom. The lowest BCUT2D eigenvalue weighted by atomic mass is 10.2. The zero-order valence-electron chi connectivity index (χ0n) is 10.5. The van der Waals surface area contributed by atoms with Gasteiger partial charge in [-0.25, -0.2) is 0 Å². The van der Waals surface area contributed by atoms with Crippen LogP contribution < -0.4 is 4.90 Å². The number of nitrogens with zero attached hydrogens (tertiary/aromatic N) is 1. The Bertz CT molecular complexity index is 645. The van der Waals surface area contributed by atoms with E-state index in [2.05, 4.69) is 15.9 Å². The van der Waals surface area contributed by atoms with Crippen molar-refractivity contribution < 1.29 is 9.90 Å². The van der Waals surface area contributed by atoms with Crippen LogP contribution >= 0.6 is 27.7 Å². The minimum Gasteiger partial charge on any atom is -0.508 e. The van der Waals surface area contributed by atoms with Gasteiger partial charge in [0.25, 0.3) is 0 Å². The van der Waals surface area contributed by atoms with E-state index < -0.39 is 0 Å². The Morgan fingerprint density at radius 2 is 1.85 bits per heavy atom. The summed E-state index contributed by atoms with van der Waals surface area (Å²) in [5, 5.41) is 9.34.